The van der Waals surface area contributed by atoms with Gasteiger partial charge in [0.15, 0.2) is 0 Å². The van der Waals surface area contributed by atoms with Crippen molar-refractivity contribution in [1.82, 2.24) is 5.43 Å². The second-order valence-electron chi connectivity index (χ2n) is 4.41. The zero-order valence-corrected chi connectivity index (χ0v) is 12.0. The number of nitrogens with two attached hydrogens (primary N) is 1. The Morgan fingerprint density at radius 3 is 2.83 bits per heavy atom. The van der Waals surface area contributed by atoms with E-state index in [0.29, 0.717) is 6.61 Å². The normalized spacial score (nSPS) is 13.4. The lowest BCUT2D eigenvalue weighted by molar-refractivity contribution is 0.0572. The summed E-state index contributed by atoms with van der Waals surface area (Å²) >= 11 is 3.47. The highest BCUT2D eigenvalue weighted by Gasteiger charge is 2.16. The minimum atomic E-state index is -0.147. The van der Waals surface area contributed by atoms with Crippen molar-refractivity contribution in [3.63, 3.8) is 0 Å². The van der Waals surface area contributed by atoms with Gasteiger partial charge in [0.05, 0.1) is 17.2 Å². The van der Waals surface area contributed by atoms with E-state index in [2.05, 4.69) is 21.4 Å². The van der Waals surface area contributed by atoms with Crippen LogP contribution in [0.5, 0.6) is 0 Å². The smallest absolute Gasteiger partial charge is 0.148 e. The van der Waals surface area contributed by atoms with Gasteiger partial charge in [0, 0.05) is 5.39 Å². The fourth-order valence-corrected chi connectivity index (χ4v) is 2.18. The molecule has 0 bridgehead atoms. The number of rotatable bonds is 5. The van der Waals surface area contributed by atoms with Gasteiger partial charge in [-0.05, 0) is 41.9 Å². The fraction of sp³-hybridized carbons (Fsp3) is 0.385. The van der Waals surface area contributed by atoms with E-state index in [-0.39, 0.29) is 12.1 Å². The van der Waals surface area contributed by atoms with Gasteiger partial charge >= 0.3 is 0 Å². The maximum Gasteiger partial charge on any atom is 0.148 e. The summed E-state index contributed by atoms with van der Waals surface area (Å²) in [6, 6.07) is 7.76. The maximum absolute atomic E-state index is 5.81. The van der Waals surface area contributed by atoms with E-state index in [1.165, 1.54) is 0 Å². The number of hydrogen-bond acceptors (Lipinski definition) is 4. The molecule has 0 amide bonds. The topological polar surface area (TPSA) is 60.4 Å². The summed E-state index contributed by atoms with van der Waals surface area (Å²) in [5, 5.41) is 1.05. The Hall–Kier alpha value is -0.880. The number of para-hydroxylation sites is 1. The third-order valence-corrected chi connectivity index (χ3v) is 3.28. The number of benzene rings is 1. The van der Waals surface area contributed by atoms with Crippen molar-refractivity contribution in [2.45, 2.75) is 26.0 Å². The number of halogens is 1. The van der Waals surface area contributed by atoms with E-state index in [1.807, 2.05) is 38.1 Å². The molecule has 0 fully saturated rings. The minimum absolute atomic E-state index is 0.147. The molecule has 18 heavy (non-hydrogen) atoms. The molecule has 3 N–H and O–H groups in total. The molecule has 1 heterocycles. The van der Waals surface area contributed by atoms with E-state index < -0.39 is 0 Å². The van der Waals surface area contributed by atoms with E-state index in [1.54, 1.807) is 0 Å². The van der Waals surface area contributed by atoms with Gasteiger partial charge in [-0.3, -0.25) is 5.84 Å². The molecule has 2 aromatic rings. The number of fused-ring (bicyclic) bond motifs is 1. The molecule has 0 aliphatic carbocycles. The van der Waals surface area contributed by atoms with Crippen molar-refractivity contribution >= 4 is 26.9 Å². The Kier molecular flexibility index (Phi) is 4.40. The number of ether oxygens (including phenoxy) is 1. The molecule has 1 atom stereocenters. The largest absolute Gasteiger partial charge is 0.458 e. The molecule has 2 rings (SSSR count). The number of hydrogen-bond donors (Lipinski definition) is 2. The fourth-order valence-electron chi connectivity index (χ4n) is 1.72. The maximum atomic E-state index is 5.81. The SMILES string of the molecule is CC(C)OCC(NN)c1cc2cccc(Br)c2o1. The van der Waals surface area contributed by atoms with Crippen LogP contribution in [-0.2, 0) is 4.74 Å². The van der Waals surface area contributed by atoms with Gasteiger partial charge in [-0.25, -0.2) is 5.43 Å². The Morgan fingerprint density at radius 1 is 1.44 bits per heavy atom. The van der Waals surface area contributed by atoms with Crippen LogP contribution in [-0.4, -0.2) is 12.7 Å². The molecule has 0 aliphatic rings. The summed E-state index contributed by atoms with van der Waals surface area (Å²) < 4.78 is 12.3. The van der Waals surface area contributed by atoms with Crippen LogP contribution in [0.4, 0.5) is 0 Å². The van der Waals surface area contributed by atoms with E-state index in [4.69, 9.17) is 15.0 Å². The first kappa shape index (κ1) is 13.5. The van der Waals surface area contributed by atoms with Crippen LogP contribution in [0.25, 0.3) is 11.0 Å². The monoisotopic (exact) mass is 312 g/mol. The van der Waals surface area contributed by atoms with Crippen molar-refractivity contribution in [1.29, 1.82) is 0 Å². The number of hydrazine groups is 1. The molecule has 1 aromatic heterocycles. The molecule has 4 nitrogen and oxygen atoms in total. The minimum Gasteiger partial charge on any atom is -0.458 e. The second-order valence-corrected chi connectivity index (χ2v) is 5.26. The zero-order chi connectivity index (χ0) is 13.1. The Balaban J connectivity index is 2.25. The summed E-state index contributed by atoms with van der Waals surface area (Å²) in [5.41, 5.74) is 3.55. The van der Waals surface area contributed by atoms with Gasteiger partial charge in [0.2, 0.25) is 0 Å². The first-order valence-corrected chi connectivity index (χ1v) is 6.66. The van der Waals surface area contributed by atoms with Gasteiger partial charge in [-0.15, -0.1) is 0 Å². The van der Waals surface area contributed by atoms with Gasteiger partial charge < -0.3 is 9.15 Å². The van der Waals surface area contributed by atoms with Crippen LogP contribution in [0.2, 0.25) is 0 Å². The Morgan fingerprint density at radius 2 is 2.22 bits per heavy atom. The predicted molar refractivity (Wildman–Crippen MR) is 75.1 cm³/mol. The number of nitrogens with one attached hydrogen (secondary N) is 1. The highest BCUT2D eigenvalue weighted by Crippen LogP contribution is 2.29. The molecular formula is C13H17BrN2O2. The lowest BCUT2D eigenvalue weighted by Gasteiger charge is -2.15. The molecule has 1 unspecified atom stereocenters. The van der Waals surface area contributed by atoms with Crippen LogP contribution >= 0.6 is 15.9 Å². The van der Waals surface area contributed by atoms with E-state index in [9.17, 15) is 0 Å². The molecule has 0 saturated heterocycles. The predicted octanol–water partition coefficient (Wildman–Crippen LogP) is 3.12. The molecule has 0 radical (unpaired) electrons. The standard InChI is InChI=1S/C13H17BrN2O2/c1-8(2)17-7-11(16-15)12-6-9-4-3-5-10(14)13(9)18-12/h3-6,8,11,16H,7,15H2,1-2H3. The third kappa shape index (κ3) is 2.92. The average molecular weight is 313 g/mol. The van der Waals surface area contributed by atoms with Crippen molar-refractivity contribution < 1.29 is 9.15 Å². The lowest BCUT2D eigenvalue weighted by atomic mass is 10.2. The van der Waals surface area contributed by atoms with Crippen LogP contribution in [0.15, 0.2) is 33.2 Å². The second kappa shape index (κ2) is 5.84. The molecule has 98 valence electrons. The van der Waals surface area contributed by atoms with Gasteiger partial charge in [0.1, 0.15) is 17.4 Å². The summed E-state index contributed by atoms with van der Waals surface area (Å²) in [7, 11) is 0. The van der Waals surface area contributed by atoms with Crippen LogP contribution in [0.1, 0.15) is 25.6 Å². The molecule has 0 saturated carbocycles. The first-order valence-electron chi connectivity index (χ1n) is 5.87. The molecule has 0 spiro atoms. The molecule has 1 aromatic carbocycles. The van der Waals surface area contributed by atoms with Crippen LogP contribution < -0.4 is 11.3 Å². The van der Waals surface area contributed by atoms with Gasteiger partial charge in [0.25, 0.3) is 0 Å². The summed E-state index contributed by atoms with van der Waals surface area (Å²) in [5.74, 6) is 6.33. The third-order valence-electron chi connectivity index (χ3n) is 2.66. The van der Waals surface area contributed by atoms with Gasteiger partial charge in [-0.1, -0.05) is 12.1 Å². The van der Waals surface area contributed by atoms with E-state index >= 15 is 0 Å². The number of furan rings is 1. The molecular weight excluding hydrogens is 296 g/mol. The highest BCUT2D eigenvalue weighted by atomic mass is 79.9. The first-order chi connectivity index (χ1) is 8.61. The summed E-state index contributed by atoms with van der Waals surface area (Å²) in [6.07, 6.45) is 0.164. The van der Waals surface area contributed by atoms with Crippen LogP contribution in [0.3, 0.4) is 0 Å². The van der Waals surface area contributed by atoms with Crippen molar-refractivity contribution in [3.8, 4) is 0 Å². The Labute approximate surface area is 115 Å². The van der Waals surface area contributed by atoms with Crippen molar-refractivity contribution in [2.75, 3.05) is 6.61 Å². The van der Waals surface area contributed by atoms with E-state index in [0.717, 1.165) is 21.2 Å². The summed E-state index contributed by atoms with van der Waals surface area (Å²) in [6.45, 7) is 4.46. The van der Waals surface area contributed by atoms with Crippen LogP contribution in [0, 0.1) is 0 Å². The van der Waals surface area contributed by atoms with Gasteiger partial charge in [-0.2, -0.15) is 0 Å². The lowest BCUT2D eigenvalue weighted by Crippen LogP contribution is -2.31. The molecule has 0 aliphatic heterocycles. The van der Waals surface area contributed by atoms with Crippen molar-refractivity contribution in [2.24, 2.45) is 5.84 Å². The van der Waals surface area contributed by atoms with Crippen molar-refractivity contribution in [3.05, 3.63) is 34.5 Å². The Bertz CT molecular complexity index is 525. The highest BCUT2D eigenvalue weighted by molar-refractivity contribution is 9.10. The summed E-state index contributed by atoms with van der Waals surface area (Å²) in [4.78, 5) is 0. The average Bonchev–Trinajstić information content (AvgIpc) is 2.75. The zero-order valence-electron chi connectivity index (χ0n) is 10.4. The quantitative estimate of drug-likeness (QED) is 0.658. The molecule has 5 heteroatoms.